The Morgan fingerprint density at radius 2 is 2.33 bits per heavy atom. The highest BCUT2D eigenvalue weighted by Crippen LogP contribution is 2.24. The molecule has 1 aromatic heterocycles. The summed E-state index contributed by atoms with van der Waals surface area (Å²) in [6.07, 6.45) is 1.81. The van der Waals surface area contributed by atoms with Gasteiger partial charge in [-0.25, -0.2) is 4.98 Å². The van der Waals surface area contributed by atoms with E-state index in [-0.39, 0.29) is 0 Å². The second-order valence-electron chi connectivity index (χ2n) is 3.40. The minimum atomic E-state index is 0.325. The van der Waals surface area contributed by atoms with Gasteiger partial charge >= 0.3 is 0 Å². The smallest absolute Gasteiger partial charge is 0.143 e. The minimum absolute atomic E-state index is 0.325. The van der Waals surface area contributed by atoms with E-state index in [4.69, 9.17) is 4.74 Å². The number of ether oxygens (including phenoxy) is 1. The third-order valence-corrected chi connectivity index (χ3v) is 2.91. The molecule has 3 nitrogen and oxygen atoms in total. The predicted octanol–water partition coefficient (Wildman–Crippen LogP) is 2.71. The number of methoxy groups -OCH3 is 1. The molecule has 84 valence electrons. The van der Waals surface area contributed by atoms with Gasteiger partial charge in [0.1, 0.15) is 5.82 Å². The number of pyridine rings is 1. The van der Waals surface area contributed by atoms with Crippen LogP contribution in [-0.4, -0.2) is 31.3 Å². The van der Waals surface area contributed by atoms with Crippen LogP contribution in [0.15, 0.2) is 22.8 Å². The lowest BCUT2D eigenvalue weighted by Crippen LogP contribution is -2.36. The molecule has 15 heavy (non-hydrogen) atoms. The van der Waals surface area contributed by atoms with Crippen LogP contribution in [0.25, 0.3) is 0 Å². The van der Waals surface area contributed by atoms with E-state index in [9.17, 15) is 0 Å². The molecule has 0 bridgehead atoms. The van der Waals surface area contributed by atoms with E-state index in [0.29, 0.717) is 12.6 Å². The maximum absolute atomic E-state index is 5.16. The number of hydrogen-bond donors (Lipinski definition) is 0. The fourth-order valence-corrected chi connectivity index (χ4v) is 2.07. The Bertz CT molecular complexity index is 306. The fraction of sp³-hybridized carbons (Fsp3) is 0.545. The second-order valence-corrected chi connectivity index (χ2v) is 4.25. The van der Waals surface area contributed by atoms with Crippen LogP contribution in [0.4, 0.5) is 5.82 Å². The van der Waals surface area contributed by atoms with Crippen molar-refractivity contribution in [3.8, 4) is 0 Å². The Morgan fingerprint density at radius 1 is 1.60 bits per heavy atom. The quantitative estimate of drug-likeness (QED) is 0.824. The highest BCUT2D eigenvalue weighted by Gasteiger charge is 2.15. The summed E-state index contributed by atoms with van der Waals surface area (Å²) in [7, 11) is 1.72. The molecule has 0 saturated heterocycles. The lowest BCUT2D eigenvalue weighted by molar-refractivity contribution is 0.181. The van der Waals surface area contributed by atoms with Gasteiger partial charge in [-0.3, -0.25) is 0 Å². The van der Waals surface area contributed by atoms with Crippen LogP contribution in [0, 0.1) is 0 Å². The molecule has 0 aliphatic heterocycles. The summed E-state index contributed by atoms with van der Waals surface area (Å²) >= 11 is 3.51. The molecule has 0 radical (unpaired) electrons. The van der Waals surface area contributed by atoms with Gasteiger partial charge in [0.2, 0.25) is 0 Å². The van der Waals surface area contributed by atoms with E-state index in [1.54, 1.807) is 7.11 Å². The van der Waals surface area contributed by atoms with Gasteiger partial charge in [-0.2, -0.15) is 0 Å². The molecule has 1 atom stereocenters. The average molecular weight is 273 g/mol. The summed E-state index contributed by atoms with van der Waals surface area (Å²) in [5.74, 6) is 0.976. The number of aromatic nitrogens is 1. The molecule has 1 unspecified atom stereocenters. The largest absolute Gasteiger partial charge is 0.383 e. The summed E-state index contributed by atoms with van der Waals surface area (Å²) in [5, 5.41) is 0. The Labute approximate surface area is 99.6 Å². The average Bonchev–Trinajstić information content (AvgIpc) is 2.22. The zero-order chi connectivity index (χ0) is 11.3. The first-order valence-corrected chi connectivity index (χ1v) is 5.86. The zero-order valence-corrected chi connectivity index (χ0v) is 11.0. The molecule has 1 heterocycles. The van der Waals surface area contributed by atoms with Crippen molar-refractivity contribution < 1.29 is 4.74 Å². The normalized spacial score (nSPS) is 12.5. The summed E-state index contributed by atoms with van der Waals surface area (Å²) in [4.78, 5) is 6.59. The van der Waals surface area contributed by atoms with Gasteiger partial charge in [-0.1, -0.05) is 0 Å². The lowest BCUT2D eigenvalue weighted by Gasteiger charge is -2.29. The fourth-order valence-electron chi connectivity index (χ4n) is 1.59. The Balaban J connectivity index is 2.87. The molecule has 1 aromatic rings. The van der Waals surface area contributed by atoms with Gasteiger partial charge in [-0.05, 0) is 41.9 Å². The van der Waals surface area contributed by atoms with Crippen LogP contribution in [0.1, 0.15) is 13.8 Å². The Morgan fingerprint density at radius 3 is 2.87 bits per heavy atom. The van der Waals surface area contributed by atoms with Crippen molar-refractivity contribution in [3.05, 3.63) is 22.8 Å². The molecular weight excluding hydrogens is 256 g/mol. The highest BCUT2D eigenvalue weighted by atomic mass is 79.9. The number of anilines is 1. The van der Waals surface area contributed by atoms with E-state index in [2.05, 4.69) is 39.7 Å². The number of nitrogens with zero attached hydrogens (tertiary/aromatic N) is 2. The molecule has 0 N–H and O–H groups in total. The van der Waals surface area contributed by atoms with Crippen LogP contribution in [0.2, 0.25) is 0 Å². The lowest BCUT2D eigenvalue weighted by atomic mass is 10.3. The maximum Gasteiger partial charge on any atom is 0.143 e. The zero-order valence-electron chi connectivity index (χ0n) is 9.40. The molecule has 0 aliphatic carbocycles. The van der Waals surface area contributed by atoms with E-state index in [1.807, 2.05) is 18.3 Å². The summed E-state index contributed by atoms with van der Waals surface area (Å²) < 4.78 is 6.19. The third kappa shape index (κ3) is 3.18. The molecule has 0 aliphatic rings. The van der Waals surface area contributed by atoms with Crippen molar-refractivity contribution in [1.29, 1.82) is 0 Å². The number of halogens is 1. The van der Waals surface area contributed by atoms with Crippen LogP contribution in [-0.2, 0) is 4.74 Å². The Hall–Kier alpha value is -0.610. The predicted molar refractivity (Wildman–Crippen MR) is 66.3 cm³/mol. The maximum atomic E-state index is 5.16. The number of rotatable bonds is 5. The van der Waals surface area contributed by atoms with E-state index < -0.39 is 0 Å². The van der Waals surface area contributed by atoms with Crippen molar-refractivity contribution in [3.63, 3.8) is 0 Å². The first-order valence-electron chi connectivity index (χ1n) is 5.06. The van der Waals surface area contributed by atoms with Gasteiger partial charge < -0.3 is 9.64 Å². The van der Waals surface area contributed by atoms with Crippen molar-refractivity contribution in [2.24, 2.45) is 0 Å². The number of likely N-dealkylation sites (N-methyl/N-ethyl adjacent to an activating group) is 1. The molecule has 1 rings (SSSR count). The third-order valence-electron chi connectivity index (χ3n) is 2.29. The molecule has 0 aromatic carbocycles. The molecule has 0 saturated carbocycles. The number of hydrogen-bond acceptors (Lipinski definition) is 3. The van der Waals surface area contributed by atoms with E-state index >= 15 is 0 Å². The van der Waals surface area contributed by atoms with Gasteiger partial charge in [0.25, 0.3) is 0 Å². The van der Waals surface area contributed by atoms with Gasteiger partial charge in [0.05, 0.1) is 17.1 Å². The molecule has 0 fully saturated rings. The highest BCUT2D eigenvalue weighted by molar-refractivity contribution is 9.10. The van der Waals surface area contributed by atoms with Gasteiger partial charge in [0.15, 0.2) is 0 Å². The van der Waals surface area contributed by atoms with Gasteiger partial charge in [-0.15, -0.1) is 0 Å². The molecular formula is C11H17BrN2O. The topological polar surface area (TPSA) is 25.4 Å². The molecule has 0 amide bonds. The van der Waals surface area contributed by atoms with Crippen molar-refractivity contribution in [2.45, 2.75) is 19.9 Å². The first-order chi connectivity index (χ1) is 7.20. The summed E-state index contributed by atoms with van der Waals surface area (Å²) in [5.41, 5.74) is 0. The standard InChI is InChI=1S/C11H17BrN2O/c1-4-14(9(2)8-15-3)11-10(12)6-5-7-13-11/h5-7,9H,4,8H2,1-3H3. The van der Waals surface area contributed by atoms with Crippen LogP contribution in [0.5, 0.6) is 0 Å². The van der Waals surface area contributed by atoms with Gasteiger partial charge in [0, 0.05) is 19.9 Å². The SMILES string of the molecule is CCN(c1ncccc1Br)C(C)COC. The summed E-state index contributed by atoms with van der Waals surface area (Å²) in [6, 6.07) is 4.25. The van der Waals surface area contributed by atoms with Crippen molar-refractivity contribution >= 4 is 21.7 Å². The van der Waals surface area contributed by atoms with Crippen molar-refractivity contribution in [1.82, 2.24) is 4.98 Å². The van der Waals surface area contributed by atoms with Crippen molar-refractivity contribution in [2.75, 3.05) is 25.2 Å². The first kappa shape index (κ1) is 12.5. The van der Waals surface area contributed by atoms with E-state index in [1.165, 1.54) is 0 Å². The summed E-state index contributed by atoms with van der Waals surface area (Å²) in [6.45, 7) is 5.87. The van der Waals surface area contributed by atoms with Crippen LogP contribution in [0.3, 0.4) is 0 Å². The second kappa shape index (κ2) is 6.08. The monoisotopic (exact) mass is 272 g/mol. The molecule has 4 heteroatoms. The van der Waals surface area contributed by atoms with Crippen LogP contribution < -0.4 is 4.90 Å². The molecule has 0 spiro atoms. The van der Waals surface area contributed by atoms with Crippen LogP contribution >= 0.6 is 15.9 Å². The van der Waals surface area contributed by atoms with E-state index in [0.717, 1.165) is 16.8 Å². The Kier molecular flexibility index (Phi) is 5.05. The minimum Gasteiger partial charge on any atom is -0.383 e.